The van der Waals surface area contributed by atoms with E-state index < -0.39 is 10.0 Å². The van der Waals surface area contributed by atoms with Crippen LogP contribution >= 0.6 is 0 Å². The van der Waals surface area contributed by atoms with Crippen LogP contribution < -0.4 is 5.73 Å². The number of nitrogens with two attached hydrogens (primary N) is 1. The van der Waals surface area contributed by atoms with Crippen LogP contribution in [0.25, 0.3) is 0 Å². The number of rotatable bonds is 4. The molecule has 0 saturated carbocycles. The molecule has 0 aromatic heterocycles. The normalized spacial score (nSPS) is 19.7. The van der Waals surface area contributed by atoms with E-state index in [0.29, 0.717) is 19.6 Å². The third kappa shape index (κ3) is 3.35. The van der Waals surface area contributed by atoms with Crippen molar-refractivity contribution in [1.82, 2.24) is 4.31 Å². The molecule has 106 valence electrons. The molecule has 0 unspecified atom stereocenters. The summed E-state index contributed by atoms with van der Waals surface area (Å²) >= 11 is 0. The number of benzene rings is 1. The molecule has 1 fully saturated rings. The maximum Gasteiger partial charge on any atom is 0.218 e. The minimum absolute atomic E-state index is 0.0520. The molecule has 2 N–H and O–H groups in total. The lowest BCUT2D eigenvalue weighted by Crippen LogP contribution is -2.31. The maximum absolute atomic E-state index is 12.4. The van der Waals surface area contributed by atoms with Gasteiger partial charge in [0.25, 0.3) is 0 Å². The summed E-state index contributed by atoms with van der Waals surface area (Å²) in [4.78, 5) is 0. The van der Waals surface area contributed by atoms with Gasteiger partial charge in [0.2, 0.25) is 10.0 Å². The zero-order valence-corrected chi connectivity index (χ0v) is 12.4. The number of hydrogen-bond donors (Lipinski definition) is 1. The van der Waals surface area contributed by atoms with Gasteiger partial charge in [-0.05, 0) is 23.0 Å². The zero-order chi connectivity index (χ0) is 14.1. The lowest BCUT2D eigenvalue weighted by atomic mass is 9.93. The van der Waals surface area contributed by atoms with E-state index >= 15 is 0 Å². The molecule has 1 aliphatic rings. The first-order chi connectivity index (χ1) is 8.84. The predicted octanol–water partition coefficient (Wildman–Crippen LogP) is 1.71. The van der Waals surface area contributed by atoms with Gasteiger partial charge < -0.3 is 5.73 Å². The molecule has 1 heterocycles. The van der Waals surface area contributed by atoms with Crippen LogP contribution in [0.5, 0.6) is 0 Å². The van der Waals surface area contributed by atoms with Crippen LogP contribution in [0.15, 0.2) is 24.3 Å². The molecular weight excluding hydrogens is 260 g/mol. The minimum Gasteiger partial charge on any atom is -0.326 e. The van der Waals surface area contributed by atoms with Crippen molar-refractivity contribution < 1.29 is 8.42 Å². The predicted molar refractivity (Wildman–Crippen MR) is 76.9 cm³/mol. The Labute approximate surface area is 115 Å². The molecule has 1 saturated heterocycles. The van der Waals surface area contributed by atoms with Gasteiger partial charge in [-0.25, -0.2) is 12.7 Å². The van der Waals surface area contributed by atoms with Gasteiger partial charge in [0, 0.05) is 19.6 Å². The zero-order valence-electron chi connectivity index (χ0n) is 11.6. The van der Waals surface area contributed by atoms with Gasteiger partial charge in [-0.3, -0.25) is 0 Å². The molecule has 0 spiro atoms. The van der Waals surface area contributed by atoms with E-state index in [9.17, 15) is 8.42 Å². The van der Waals surface area contributed by atoms with Crippen LogP contribution in [0.4, 0.5) is 0 Å². The summed E-state index contributed by atoms with van der Waals surface area (Å²) in [6.07, 6.45) is 0.921. The Balaban J connectivity index is 2.18. The molecule has 0 aliphatic carbocycles. The molecule has 1 aliphatic heterocycles. The average Bonchev–Trinajstić information content (AvgIpc) is 2.71. The smallest absolute Gasteiger partial charge is 0.218 e. The van der Waals surface area contributed by atoms with Crippen LogP contribution in [-0.4, -0.2) is 25.8 Å². The maximum atomic E-state index is 12.4. The molecule has 0 amide bonds. The van der Waals surface area contributed by atoms with Crippen molar-refractivity contribution in [3.63, 3.8) is 0 Å². The number of sulfonamides is 1. The highest BCUT2D eigenvalue weighted by Gasteiger charge is 2.36. The van der Waals surface area contributed by atoms with E-state index in [1.54, 1.807) is 4.31 Å². The van der Waals surface area contributed by atoms with Crippen molar-refractivity contribution in [2.45, 2.75) is 32.6 Å². The van der Waals surface area contributed by atoms with Gasteiger partial charge in [-0.15, -0.1) is 0 Å². The Hall–Kier alpha value is -0.910. The largest absolute Gasteiger partial charge is 0.326 e. The van der Waals surface area contributed by atoms with Gasteiger partial charge >= 0.3 is 0 Å². The third-order valence-corrected chi connectivity index (χ3v) is 5.49. The first kappa shape index (κ1) is 14.5. The second-order valence-electron chi connectivity index (χ2n) is 5.98. The second-order valence-corrected chi connectivity index (χ2v) is 7.95. The molecule has 19 heavy (non-hydrogen) atoms. The Kier molecular flexibility index (Phi) is 3.99. The van der Waals surface area contributed by atoms with Crippen molar-refractivity contribution in [3.8, 4) is 0 Å². The van der Waals surface area contributed by atoms with E-state index in [0.717, 1.165) is 17.5 Å². The second kappa shape index (κ2) is 5.23. The number of hydrogen-bond acceptors (Lipinski definition) is 3. The first-order valence-electron chi connectivity index (χ1n) is 6.59. The molecule has 1 aromatic rings. The van der Waals surface area contributed by atoms with Crippen LogP contribution in [0.1, 0.15) is 31.4 Å². The van der Waals surface area contributed by atoms with Gasteiger partial charge in [0.15, 0.2) is 0 Å². The van der Waals surface area contributed by atoms with Crippen LogP contribution in [0.3, 0.4) is 0 Å². The molecule has 5 heteroatoms. The highest BCUT2D eigenvalue weighted by molar-refractivity contribution is 7.88. The molecular formula is C14H22N2O2S. The monoisotopic (exact) mass is 282 g/mol. The molecule has 0 atom stereocenters. The van der Waals surface area contributed by atoms with Crippen LogP contribution in [0, 0.1) is 5.41 Å². The average molecular weight is 282 g/mol. The van der Waals surface area contributed by atoms with Crippen molar-refractivity contribution >= 4 is 10.0 Å². The van der Waals surface area contributed by atoms with Crippen molar-refractivity contribution in [2.24, 2.45) is 11.1 Å². The molecule has 0 radical (unpaired) electrons. The summed E-state index contributed by atoms with van der Waals surface area (Å²) in [5.74, 6) is 0.0520. The van der Waals surface area contributed by atoms with E-state index in [2.05, 4.69) is 13.8 Å². The van der Waals surface area contributed by atoms with Crippen molar-refractivity contribution in [1.29, 1.82) is 0 Å². The highest BCUT2D eigenvalue weighted by atomic mass is 32.2. The van der Waals surface area contributed by atoms with Gasteiger partial charge in [-0.2, -0.15) is 0 Å². The fraction of sp³-hybridized carbons (Fsp3) is 0.571. The SMILES string of the molecule is CC1(C)CCN(S(=O)(=O)Cc2ccccc2CN)C1. The Bertz CT molecular complexity index is 552. The Morgan fingerprint density at radius 3 is 2.42 bits per heavy atom. The fourth-order valence-electron chi connectivity index (χ4n) is 2.49. The van der Waals surface area contributed by atoms with Gasteiger partial charge in [0.1, 0.15) is 0 Å². The quantitative estimate of drug-likeness (QED) is 0.914. The summed E-state index contributed by atoms with van der Waals surface area (Å²) in [5, 5.41) is 0. The molecule has 1 aromatic carbocycles. The van der Waals surface area contributed by atoms with E-state index in [-0.39, 0.29) is 11.2 Å². The summed E-state index contributed by atoms with van der Waals surface area (Å²) in [5.41, 5.74) is 7.46. The topological polar surface area (TPSA) is 63.4 Å². The molecule has 4 nitrogen and oxygen atoms in total. The van der Waals surface area contributed by atoms with Crippen LogP contribution in [-0.2, 0) is 22.3 Å². The third-order valence-electron chi connectivity index (χ3n) is 3.71. The highest BCUT2D eigenvalue weighted by Crippen LogP contribution is 2.31. The van der Waals surface area contributed by atoms with E-state index in [4.69, 9.17) is 5.73 Å². The van der Waals surface area contributed by atoms with E-state index in [1.807, 2.05) is 24.3 Å². The van der Waals surface area contributed by atoms with Crippen LogP contribution in [0.2, 0.25) is 0 Å². The summed E-state index contributed by atoms with van der Waals surface area (Å²) in [6, 6.07) is 7.48. The number of nitrogens with zero attached hydrogens (tertiary/aromatic N) is 1. The summed E-state index contributed by atoms with van der Waals surface area (Å²) in [6.45, 7) is 5.82. The first-order valence-corrected chi connectivity index (χ1v) is 8.20. The fourth-order valence-corrected chi connectivity index (χ4v) is 4.26. The molecule has 2 rings (SSSR count). The lowest BCUT2D eigenvalue weighted by molar-refractivity contribution is 0.375. The van der Waals surface area contributed by atoms with Gasteiger partial charge in [0.05, 0.1) is 5.75 Å². The Morgan fingerprint density at radius 2 is 1.89 bits per heavy atom. The van der Waals surface area contributed by atoms with Gasteiger partial charge in [-0.1, -0.05) is 38.1 Å². The van der Waals surface area contributed by atoms with Crippen molar-refractivity contribution in [3.05, 3.63) is 35.4 Å². The summed E-state index contributed by atoms with van der Waals surface area (Å²) < 4.78 is 26.5. The Morgan fingerprint density at radius 1 is 1.26 bits per heavy atom. The minimum atomic E-state index is -3.24. The van der Waals surface area contributed by atoms with E-state index in [1.165, 1.54) is 0 Å². The molecule has 0 bridgehead atoms. The standard InChI is InChI=1S/C14H22N2O2S/c1-14(2)7-8-16(11-14)19(17,18)10-13-6-4-3-5-12(13)9-15/h3-6H,7-11,15H2,1-2H3. The van der Waals surface area contributed by atoms with Crippen molar-refractivity contribution in [2.75, 3.05) is 13.1 Å². The summed E-state index contributed by atoms with van der Waals surface area (Å²) in [7, 11) is -3.24. The lowest BCUT2D eigenvalue weighted by Gasteiger charge is -2.20.